The fourth-order valence-electron chi connectivity index (χ4n) is 1.75. The maximum atomic E-state index is 12.0. The van der Waals surface area contributed by atoms with Gasteiger partial charge in [-0.25, -0.2) is 4.98 Å². The van der Waals surface area contributed by atoms with E-state index < -0.39 is 10.8 Å². The number of nitrogens with one attached hydrogen (secondary N) is 1. The number of anilines is 1. The SMILES string of the molecule is Nc1ncc([N+](=O)[O-])cc1C(=O)NC/C=C/c1ccccc1. The highest BCUT2D eigenvalue weighted by atomic mass is 16.6. The Kier molecular flexibility index (Phi) is 4.81. The summed E-state index contributed by atoms with van der Waals surface area (Å²) in [6, 6.07) is 10.7. The third kappa shape index (κ3) is 3.89. The summed E-state index contributed by atoms with van der Waals surface area (Å²) < 4.78 is 0. The Labute approximate surface area is 126 Å². The topological polar surface area (TPSA) is 111 Å². The highest BCUT2D eigenvalue weighted by molar-refractivity contribution is 5.98. The van der Waals surface area contributed by atoms with Gasteiger partial charge in [-0.2, -0.15) is 0 Å². The van der Waals surface area contributed by atoms with E-state index in [2.05, 4.69) is 10.3 Å². The summed E-state index contributed by atoms with van der Waals surface area (Å²) in [4.78, 5) is 25.7. The summed E-state index contributed by atoms with van der Waals surface area (Å²) in [5.41, 5.74) is 6.29. The lowest BCUT2D eigenvalue weighted by Crippen LogP contribution is -2.24. The second-order valence-corrected chi connectivity index (χ2v) is 4.41. The van der Waals surface area contributed by atoms with E-state index in [-0.39, 0.29) is 23.6 Å². The largest absolute Gasteiger partial charge is 0.383 e. The molecule has 7 heteroatoms. The van der Waals surface area contributed by atoms with Crippen LogP contribution in [0.15, 0.2) is 48.7 Å². The van der Waals surface area contributed by atoms with Gasteiger partial charge in [0.25, 0.3) is 11.6 Å². The Bertz CT molecular complexity index is 714. The lowest BCUT2D eigenvalue weighted by Gasteiger charge is -2.04. The van der Waals surface area contributed by atoms with Gasteiger partial charge >= 0.3 is 0 Å². The molecule has 1 aromatic heterocycles. The fourth-order valence-corrected chi connectivity index (χ4v) is 1.75. The van der Waals surface area contributed by atoms with Gasteiger partial charge in [0.15, 0.2) is 0 Å². The van der Waals surface area contributed by atoms with Crippen molar-refractivity contribution < 1.29 is 9.72 Å². The molecule has 22 heavy (non-hydrogen) atoms. The zero-order valence-corrected chi connectivity index (χ0v) is 11.6. The Hall–Kier alpha value is -3.22. The van der Waals surface area contributed by atoms with E-state index in [9.17, 15) is 14.9 Å². The molecule has 112 valence electrons. The maximum absolute atomic E-state index is 12.0. The highest BCUT2D eigenvalue weighted by Gasteiger charge is 2.15. The molecule has 3 N–H and O–H groups in total. The van der Waals surface area contributed by atoms with E-state index in [0.717, 1.165) is 17.8 Å². The van der Waals surface area contributed by atoms with Gasteiger partial charge < -0.3 is 11.1 Å². The fraction of sp³-hybridized carbons (Fsp3) is 0.0667. The molecule has 2 aromatic rings. The Morgan fingerprint density at radius 2 is 2.09 bits per heavy atom. The van der Waals surface area contributed by atoms with Crippen LogP contribution in [-0.2, 0) is 0 Å². The normalized spacial score (nSPS) is 10.5. The van der Waals surface area contributed by atoms with Gasteiger partial charge in [-0.05, 0) is 5.56 Å². The van der Waals surface area contributed by atoms with Crippen LogP contribution in [0.3, 0.4) is 0 Å². The molecule has 0 atom stereocenters. The highest BCUT2D eigenvalue weighted by Crippen LogP contribution is 2.16. The second-order valence-electron chi connectivity index (χ2n) is 4.41. The van der Waals surface area contributed by atoms with E-state index in [0.29, 0.717) is 0 Å². The number of aromatic nitrogens is 1. The second kappa shape index (κ2) is 6.98. The minimum atomic E-state index is -0.626. The summed E-state index contributed by atoms with van der Waals surface area (Å²) in [5, 5.41) is 13.3. The van der Waals surface area contributed by atoms with Crippen molar-refractivity contribution in [2.75, 3.05) is 12.3 Å². The van der Waals surface area contributed by atoms with E-state index >= 15 is 0 Å². The Morgan fingerprint density at radius 1 is 1.36 bits per heavy atom. The summed E-state index contributed by atoms with van der Waals surface area (Å²) in [5.74, 6) is -0.554. The number of nitrogen functional groups attached to an aromatic ring is 1. The van der Waals surface area contributed by atoms with Gasteiger partial charge in [0.1, 0.15) is 12.0 Å². The average Bonchev–Trinajstić information content (AvgIpc) is 2.52. The molecule has 1 heterocycles. The monoisotopic (exact) mass is 298 g/mol. The van der Waals surface area contributed by atoms with Crippen LogP contribution >= 0.6 is 0 Å². The number of benzene rings is 1. The molecule has 7 nitrogen and oxygen atoms in total. The van der Waals surface area contributed by atoms with Gasteiger partial charge in [0, 0.05) is 12.6 Å². The number of rotatable bonds is 5. The molecule has 0 bridgehead atoms. The number of hydrogen-bond donors (Lipinski definition) is 2. The van der Waals surface area contributed by atoms with Crippen molar-refractivity contribution in [2.24, 2.45) is 0 Å². The number of pyridine rings is 1. The average molecular weight is 298 g/mol. The van der Waals surface area contributed by atoms with Crippen LogP contribution in [-0.4, -0.2) is 22.4 Å². The Balaban J connectivity index is 1.99. The summed E-state index contributed by atoms with van der Waals surface area (Å²) in [6.07, 6.45) is 4.64. The zero-order chi connectivity index (χ0) is 15.9. The molecule has 0 saturated carbocycles. The molecule has 0 saturated heterocycles. The molecule has 0 aliphatic carbocycles. The van der Waals surface area contributed by atoms with Crippen LogP contribution in [0.25, 0.3) is 6.08 Å². The number of nitro groups is 1. The summed E-state index contributed by atoms with van der Waals surface area (Å²) in [7, 11) is 0. The van der Waals surface area contributed by atoms with Crippen LogP contribution in [0.2, 0.25) is 0 Å². The van der Waals surface area contributed by atoms with E-state index in [1.807, 2.05) is 36.4 Å². The smallest absolute Gasteiger partial charge is 0.288 e. The number of nitrogens with zero attached hydrogens (tertiary/aromatic N) is 2. The number of hydrogen-bond acceptors (Lipinski definition) is 5. The summed E-state index contributed by atoms with van der Waals surface area (Å²) >= 11 is 0. The van der Waals surface area contributed by atoms with Gasteiger partial charge in [0.05, 0.1) is 10.5 Å². The number of nitrogens with two attached hydrogens (primary N) is 1. The van der Waals surface area contributed by atoms with Crippen molar-refractivity contribution in [3.63, 3.8) is 0 Å². The standard InChI is InChI=1S/C15H14N4O3/c16-14-13(9-12(10-18-14)19(21)22)15(20)17-8-4-7-11-5-2-1-3-6-11/h1-7,9-10H,8H2,(H2,16,18)(H,17,20)/b7-4+. The minimum absolute atomic E-state index is 0.0117. The maximum Gasteiger partial charge on any atom is 0.288 e. The molecule has 0 aliphatic rings. The first kappa shape index (κ1) is 15.2. The van der Waals surface area contributed by atoms with Crippen molar-refractivity contribution in [3.05, 3.63) is 69.9 Å². The first-order chi connectivity index (χ1) is 10.6. The number of amides is 1. The molecular formula is C15H14N4O3. The number of carbonyl (C=O) groups is 1. The lowest BCUT2D eigenvalue weighted by atomic mass is 10.2. The minimum Gasteiger partial charge on any atom is -0.383 e. The van der Waals surface area contributed by atoms with Crippen molar-refractivity contribution in [1.29, 1.82) is 0 Å². The van der Waals surface area contributed by atoms with Crippen LogP contribution in [0.4, 0.5) is 11.5 Å². The van der Waals surface area contributed by atoms with Gasteiger partial charge in [-0.1, -0.05) is 42.5 Å². The van der Waals surface area contributed by atoms with Crippen LogP contribution in [0, 0.1) is 10.1 Å². The van der Waals surface area contributed by atoms with Crippen LogP contribution in [0.1, 0.15) is 15.9 Å². The van der Waals surface area contributed by atoms with E-state index in [4.69, 9.17) is 5.73 Å². The van der Waals surface area contributed by atoms with Gasteiger partial charge in [-0.3, -0.25) is 14.9 Å². The molecule has 0 radical (unpaired) electrons. The number of carbonyl (C=O) groups excluding carboxylic acids is 1. The van der Waals surface area contributed by atoms with E-state index in [1.165, 1.54) is 0 Å². The third-order valence-electron chi connectivity index (χ3n) is 2.85. The first-order valence-corrected chi connectivity index (χ1v) is 6.47. The van der Waals surface area contributed by atoms with E-state index in [1.54, 1.807) is 6.08 Å². The predicted octanol–water partition coefficient (Wildman–Crippen LogP) is 2.02. The third-order valence-corrected chi connectivity index (χ3v) is 2.85. The lowest BCUT2D eigenvalue weighted by molar-refractivity contribution is -0.385. The van der Waals surface area contributed by atoms with Crippen molar-refractivity contribution in [3.8, 4) is 0 Å². The van der Waals surface area contributed by atoms with Gasteiger partial charge in [-0.15, -0.1) is 0 Å². The van der Waals surface area contributed by atoms with Crippen molar-refractivity contribution in [2.45, 2.75) is 0 Å². The molecule has 0 spiro atoms. The molecule has 1 aromatic carbocycles. The molecule has 0 fully saturated rings. The predicted molar refractivity (Wildman–Crippen MR) is 83.1 cm³/mol. The molecule has 0 aliphatic heterocycles. The quantitative estimate of drug-likeness (QED) is 0.648. The zero-order valence-electron chi connectivity index (χ0n) is 11.6. The first-order valence-electron chi connectivity index (χ1n) is 6.47. The molecule has 1 amide bonds. The Morgan fingerprint density at radius 3 is 2.77 bits per heavy atom. The van der Waals surface area contributed by atoms with Crippen LogP contribution < -0.4 is 11.1 Å². The van der Waals surface area contributed by atoms with Crippen molar-refractivity contribution in [1.82, 2.24) is 10.3 Å². The summed E-state index contributed by atoms with van der Waals surface area (Å²) in [6.45, 7) is 0.274. The van der Waals surface area contributed by atoms with Crippen LogP contribution in [0.5, 0.6) is 0 Å². The molecule has 0 unspecified atom stereocenters. The molecular weight excluding hydrogens is 284 g/mol. The molecule has 2 rings (SSSR count). The van der Waals surface area contributed by atoms with Gasteiger partial charge in [0.2, 0.25) is 0 Å². The van der Waals surface area contributed by atoms with Crippen molar-refractivity contribution >= 4 is 23.5 Å².